The summed E-state index contributed by atoms with van der Waals surface area (Å²) in [6, 6.07) is 0. The first kappa shape index (κ1) is 16.9. The number of hydrogen-bond acceptors (Lipinski definition) is 6. The third kappa shape index (κ3) is 4.27. The van der Waals surface area contributed by atoms with E-state index >= 15 is 0 Å². The van der Waals surface area contributed by atoms with Gasteiger partial charge in [-0.25, -0.2) is 23.9 Å². The second kappa shape index (κ2) is 6.35. The van der Waals surface area contributed by atoms with E-state index in [1.807, 2.05) is 0 Å². The second-order valence-electron chi connectivity index (χ2n) is 6.13. The van der Waals surface area contributed by atoms with Gasteiger partial charge in [0.25, 0.3) is 0 Å². The highest BCUT2D eigenvalue weighted by atomic mass is 19.1. The maximum Gasteiger partial charge on any atom is 0.410 e. The molecule has 0 radical (unpaired) electrons. The van der Waals surface area contributed by atoms with Crippen LogP contribution in [-0.2, 0) is 4.74 Å². The van der Waals surface area contributed by atoms with Gasteiger partial charge in [-0.1, -0.05) is 0 Å². The Balaban J connectivity index is 2.01. The zero-order chi connectivity index (χ0) is 17.2. The molecule has 2 rings (SSSR count). The highest BCUT2D eigenvalue weighted by Gasteiger charge is 2.27. The van der Waals surface area contributed by atoms with Gasteiger partial charge in [0.15, 0.2) is 11.5 Å². The summed E-state index contributed by atoms with van der Waals surface area (Å²) >= 11 is 0. The van der Waals surface area contributed by atoms with Crippen molar-refractivity contribution in [3.63, 3.8) is 0 Å². The lowest BCUT2D eigenvalue weighted by Gasteiger charge is -2.35. The number of aromatic nitrogens is 2. The SMILES string of the molecule is CC(C)(C)OC(=O)N1CCN(c2ncc(F)c(C(=O)O)n2)CC1. The molecule has 1 amide bonds. The molecule has 0 spiro atoms. The molecule has 0 unspecified atom stereocenters. The second-order valence-corrected chi connectivity index (χ2v) is 6.13. The molecule has 0 saturated carbocycles. The minimum absolute atomic E-state index is 0.132. The highest BCUT2D eigenvalue weighted by Crippen LogP contribution is 2.16. The van der Waals surface area contributed by atoms with Crippen molar-refractivity contribution < 1.29 is 23.8 Å². The normalized spacial score (nSPS) is 15.5. The molecule has 1 aromatic heterocycles. The van der Waals surface area contributed by atoms with E-state index in [0.717, 1.165) is 6.20 Å². The molecule has 1 aliphatic rings. The Hall–Kier alpha value is -2.45. The molecule has 0 bridgehead atoms. The van der Waals surface area contributed by atoms with Crippen LogP contribution in [0.15, 0.2) is 6.20 Å². The lowest BCUT2D eigenvalue weighted by molar-refractivity contribution is 0.0240. The third-order valence-electron chi connectivity index (χ3n) is 3.15. The predicted octanol–water partition coefficient (Wildman–Crippen LogP) is 1.37. The topological polar surface area (TPSA) is 95.9 Å². The van der Waals surface area contributed by atoms with E-state index in [1.165, 1.54) is 0 Å². The average Bonchev–Trinajstić information content (AvgIpc) is 2.46. The fourth-order valence-electron chi connectivity index (χ4n) is 2.08. The Kier molecular flexibility index (Phi) is 4.67. The zero-order valence-corrected chi connectivity index (χ0v) is 13.2. The number of carbonyl (C=O) groups is 2. The van der Waals surface area contributed by atoms with Gasteiger partial charge in [-0.05, 0) is 20.8 Å². The number of carboxylic acids is 1. The molecule has 126 valence electrons. The monoisotopic (exact) mass is 326 g/mol. The zero-order valence-electron chi connectivity index (χ0n) is 13.2. The molecule has 1 aromatic rings. The minimum atomic E-state index is -1.45. The summed E-state index contributed by atoms with van der Waals surface area (Å²) in [5.41, 5.74) is -1.23. The van der Waals surface area contributed by atoms with Crippen LogP contribution in [0.1, 0.15) is 31.3 Å². The van der Waals surface area contributed by atoms with Crippen molar-refractivity contribution >= 4 is 18.0 Å². The fourth-order valence-corrected chi connectivity index (χ4v) is 2.08. The molecule has 2 heterocycles. The molecule has 0 aliphatic carbocycles. The minimum Gasteiger partial charge on any atom is -0.476 e. The maximum atomic E-state index is 13.3. The third-order valence-corrected chi connectivity index (χ3v) is 3.15. The van der Waals surface area contributed by atoms with Crippen LogP contribution in [0, 0.1) is 5.82 Å². The van der Waals surface area contributed by atoms with Gasteiger partial charge in [0.2, 0.25) is 5.95 Å². The summed E-state index contributed by atoms with van der Waals surface area (Å²) in [5.74, 6) is -2.29. The first-order valence-electron chi connectivity index (χ1n) is 7.16. The fraction of sp³-hybridized carbons (Fsp3) is 0.571. The quantitative estimate of drug-likeness (QED) is 0.877. The van der Waals surface area contributed by atoms with Crippen LogP contribution in [0.5, 0.6) is 0 Å². The van der Waals surface area contributed by atoms with Crippen LogP contribution in [0.3, 0.4) is 0 Å². The first-order valence-corrected chi connectivity index (χ1v) is 7.16. The Morgan fingerprint density at radius 3 is 2.39 bits per heavy atom. The van der Waals surface area contributed by atoms with E-state index in [-0.39, 0.29) is 5.95 Å². The van der Waals surface area contributed by atoms with Crippen LogP contribution >= 0.6 is 0 Å². The van der Waals surface area contributed by atoms with Gasteiger partial charge in [0.05, 0.1) is 6.20 Å². The van der Waals surface area contributed by atoms with Crippen molar-refractivity contribution in [3.8, 4) is 0 Å². The van der Waals surface area contributed by atoms with Gasteiger partial charge >= 0.3 is 12.1 Å². The molecule has 8 nitrogen and oxygen atoms in total. The summed E-state index contributed by atoms with van der Waals surface area (Å²) in [5, 5.41) is 8.89. The lowest BCUT2D eigenvalue weighted by atomic mass is 10.2. The summed E-state index contributed by atoms with van der Waals surface area (Å²) in [4.78, 5) is 33.7. The summed E-state index contributed by atoms with van der Waals surface area (Å²) < 4.78 is 18.6. The number of anilines is 1. The number of carbonyl (C=O) groups excluding carboxylic acids is 1. The smallest absolute Gasteiger partial charge is 0.410 e. The van der Waals surface area contributed by atoms with Crippen molar-refractivity contribution in [3.05, 3.63) is 17.7 Å². The van der Waals surface area contributed by atoms with Crippen LogP contribution in [0.25, 0.3) is 0 Å². The van der Waals surface area contributed by atoms with E-state index in [9.17, 15) is 14.0 Å². The standard InChI is InChI=1S/C14H19FN4O4/c1-14(2,3)23-13(22)19-6-4-18(5-7-19)12-16-8-9(15)10(17-12)11(20)21/h8H,4-7H2,1-3H3,(H,20,21). The van der Waals surface area contributed by atoms with Crippen LogP contribution in [-0.4, -0.2) is 63.8 Å². The van der Waals surface area contributed by atoms with Crippen molar-refractivity contribution in [2.75, 3.05) is 31.1 Å². The number of aromatic carboxylic acids is 1. The molecule has 1 aliphatic heterocycles. The van der Waals surface area contributed by atoms with Crippen LogP contribution < -0.4 is 4.90 Å². The largest absolute Gasteiger partial charge is 0.476 e. The summed E-state index contributed by atoms with van der Waals surface area (Å²) in [6.07, 6.45) is 0.440. The number of carboxylic acid groups (broad SMARTS) is 1. The van der Waals surface area contributed by atoms with Crippen molar-refractivity contribution in [2.45, 2.75) is 26.4 Å². The number of nitrogens with zero attached hydrogens (tertiary/aromatic N) is 4. The maximum absolute atomic E-state index is 13.3. The van der Waals surface area contributed by atoms with E-state index in [2.05, 4.69) is 9.97 Å². The predicted molar refractivity (Wildman–Crippen MR) is 79.0 cm³/mol. The van der Waals surface area contributed by atoms with Crippen molar-refractivity contribution in [1.82, 2.24) is 14.9 Å². The van der Waals surface area contributed by atoms with Crippen molar-refractivity contribution in [1.29, 1.82) is 0 Å². The van der Waals surface area contributed by atoms with Crippen molar-refractivity contribution in [2.24, 2.45) is 0 Å². The summed E-state index contributed by atoms with van der Waals surface area (Å²) in [6.45, 7) is 6.97. The van der Waals surface area contributed by atoms with E-state index in [1.54, 1.807) is 30.6 Å². The highest BCUT2D eigenvalue weighted by molar-refractivity contribution is 5.85. The molecule has 1 fully saturated rings. The number of ether oxygens (including phenoxy) is 1. The lowest BCUT2D eigenvalue weighted by Crippen LogP contribution is -2.50. The Bertz CT molecular complexity index is 609. The molecule has 9 heteroatoms. The van der Waals surface area contributed by atoms with Crippen LogP contribution in [0.4, 0.5) is 15.1 Å². The number of amides is 1. The number of piperazine rings is 1. The van der Waals surface area contributed by atoms with Gasteiger partial charge in [-0.3, -0.25) is 0 Å². The Labute approximate surface area is 132 Å². The molecule has 0 atom stereocenters. The van der Waals surface area contributed by atoms with Crippen LogP contribution in [0.2, 0.25) is 0 Å². The van der Waals surface area contributed by atoms with Gasteiger partial charge in [-0.2, -0.15) is 0 Å². The van der Waals surface area contributed by atoms with Gasteiger partial charge in [-0.15, -0.1) is 0 Å². The number of rotatable bonds is 2. The molecular weight excluding hydrogens is 307 g/mol. The first-order chi connectivity index (χ1) is 10.7. The molecule has 0 aromatic carbocycles. The average molecular weight is 326 g/mol. The van der Waals surface area contributed by atoms with E-state index in [0.29, 0.717) is 26.2 Å². The Morgan fingerprint density at radius 1 is 1.26 bits per heavy atom. The molecule has 1 N–H and O–H groups in total. The number of hydrogen-bond donors (Lipinski definition) is 1. The molecular formula is C14H19FN4O4. The van der Waals surface area contributed by atoms with Gasteiger partial charge in [0, 0.05) is 26.2 Å². The summed E-state index contributed by atoms with van der Waals surface area (Å²) in [7, 11) is 0. The van der Waals surface area contributed by atoms with Gasteiger partial charge in [0.1, 0.15) is 5.60 Å². The number of halogens is 1. The van der Waals surface area contributed by atoms with Gasteiger partial charge < -0.3 is 19.6 Å². The van der Waals surface area contributed by atoms with E-state index in [4.69, 9.17) is 9.84 Å². The molecule has 23 heavy (non-hydrogen) atoms. The van der Waals surface area contributed by atoms with E-state index < -0.39 is 29.2 Å². The molecule has 1 saturated heterocycles. The Morgan fingerprint density at radius 2 is 1.87 bits per heavy atom.